The van der Waals surface area contributed by atoms with Crippen LogP contribution in [-0.4, -0.2) is 65.7 Å². The largest absolute Gasteiger partial charge is 0.506 e. The van der Waals surface area contributed by atoms with Crippen LogP contribution in [0.3, 0.4) is 0 Å². The van der Waals surface area contributed by atoms with E-state index in [0.29, 0.717) is 72.8 Å². The summed E-state index contributed by atoms with van der Waals surface area (Å²) in [5.41, 5.74) is 10.1. The Bertz CT molecular complexity index is 1890. The Morgan fingerprint density at radius 3 is 1.41 bits per heavy atom. The molecule has 0 fully saturated rings. The van der Waals surface area contributed by atoms with Crippen LogP contribution in [0.25, 0.3) is 0 Å². The molecule has 4 atom stereocenters. The monoisotopic (exact) mass is 923 g/mol. The minimum atomic E-state index is -0.510. The molecular weight excluding hydrogens is 845 g/mol. The fraction of sp³-hybridized carbons (Fsp3) is 0.549. The molecule has 368 valence electrons. The van der Waals surface area contributed by atoms with Crippen molar-refractivity contribution in [3.63, 3.8) is 0 Å². The molecule has 15 heteroatoms. The molecule has 0 bridgehead atoms. The highest BCUT2D eigenvalue weighted by molar-refractivity contribution is 5.93. The smallest absolute Gasteiger partial charge is 0.407 e. The standard InChI is InChI=1S/C28H40N2O4.C20H34N2O2.2CO2.CH4O/c1-20(16-21(2)28(3,4)5)17-23-13-14-25(31)24(18-23)30-26(32)12-9-15-29-27(33)34-19-22-10-7-6-8-11-22;1-14(11-15(2)20(3,4)5)12-16-8-9-18(23)17(13-16)22-19(24)7-6-10-21;2*2-1-3;1-2/h6-8,10-11,13-14,18,20-21,31H,9,12,15-17,19H2,1-5H3,(H,29,33)(H,30,32);8-9,13-15,23H,6-7,10-12,21H2,1-5H3,(H,22,24);;;2H,1H3/t20-,21?;14-,15?;;;/m11.../s1. The first-order valence-corrected chi connectivity index (χ1v) is 22.3. The number of alkyl carbamates (subject to hydrolysis) is 1. The minimum absolute atomic E-state index is 0.0513. The second-order valence-corrected chi connectivity index (χ2v) is 18.6. The van der Waals surface area contributed by atoms with Crippen LogP contribution in [0, 0.1) is 34.5 Å². The van der Waals surface area contributed by atoms with Crippen molar-refractivity contribution in [2.75, 3.05) is 30.8 Å². The summed E-state index contributed by atoms with van der Waals surface area (Å²) in [5.74, 6) is 2.12. The van der Waals surface area contributed by atoms with Crippen LogP contribution in [0.1, 0.15) is 124 Å². The lowest BCUT2D eigenvalue weighted by Gasteiger charge is -2.29. The summed E-state index contributed by atoms with van der Waals surface area (Å²) in [5, 5.41) is 35.4. The zero-order chi connectivity index (χ0) is 50.9. The molecule has 0 aliphatic heterocycles. The molecule has 3 aromatic rings. The number of rotatable bonds is 19. The second kappa shape index (κ2) is 34.5. The van der Waals surface area contributed by atoms with Gasteiger partial charge >= 0.3 is 18.4 Å². The molecule has 0 aliphatic rings. The molecule has 2 unspecified atom stereocenters. The van der Waals surface area contributed by atoms with E-state index in [4.69, 9.17) is 34.8 Å². The van der Waals surface area contributed by atoms with E-state index in [1.807, 2.05) is 54.6 Å². The molecule has 0 radical (unpaired) electrons. The zero-order valence-electron chi connectivity index (χ0n) is 41.1. The third-order valence-corrected chi connectivity index (χ3v) is 11.0. The topological polar surface area (TPSA) is 252 Å². The van der Waals surface area contributed by atoms with Crippen molar-refractivity contribution in [1.29, 1.82) is 0 Å². The van der Waals surface area contributed by atoms with Gasteiger partial charge < -0.3 is 41.7 Å². The molecular formula is C51H78N4O11. The molecule has 66 heavy (non-hydrogen) atoms. The number of anilines is 2. The molecule has 0 saturated heterocycles. The van der Waals surface area contributed by atoms with Crippen LogP contribution in [0.2, 0.25) is 0 Å². The van der Waals surface area contributed by atoms with Gasteiger partial charge in [0.15, 0.2) is 0 Å². The predicted molar refractivity (Wildman–Crippen MR) is 256 cm³/mol. The highest BCUT2D eigenvalue weighted by Gasteiger charge is 2.23. The van der Waals surface area contributed by atoms with Gasteiger partial charge in [-0.25, -0.2) is 4.79 Å². The van der Waals surface area contributed by atoms with E-state index in [0.717, 1.165) is 49.5 Å². The molecule has 8 N–H and O–H groups in total. The first-order valence-electron chi connectivity index (χ1n) is 22.3. The summed E-state index contributed by atoms with van der Waals surface area (Å²) >= 11 is 0. The number of phenols is 2. The molecule has 0 aliphatic carbocycles. The van der Waals surface area contributed by atoms with Gasteiger partial charge in [0, 0.05) is 26.5 Å². The minimum Gasteiger partial charge on any atom is -0.506 e. The number of ether oxygens (including phenoxy) is 1. The summed E-state index contributed by atoms with van der Waals surface area (Å²) in [6.07, 6.45) is 5.80. The van der Waals surface area contributed by atoms with E-state index in [9.17, 15) is 24.6 Å². The van der Waals surface area contributed by atoms with Crippen molar-refractivity contribution in [3.05, 3.63) is 83.4 Å². The van der Waals surface area contributed by atoms with Crippen molar-refractivity contribution in [2.45, 2.75) is 127 Å². The third-order valence-electron chi connectivity index (χ3n) is 11.0. The van der Waals surface area contributed by atoms with E-state index in [2.05, 4.69) is 85.2 Å². The SMILES string of the molecule is CC(C[C@@H](C)Cc1ccc(O)c(NC(=O)CCCN)c1)C(C)(C)C.CC(C[C@@H](C)Cc1ccc(O)c(NC(=O)CCCNC(=O)OCc2ccccc2)c1)C(C)(C)C.CO.O=C=O.O=C=O. The number of aromatic hydroxyl groups is 2. The number of amides is 3. The average molecular weight is 923 g/mol. The summed E-state index contributed by atoms with van der Waals surface area (Å²) in [7, 11) is 1.00. The lowest BCUT2D eigenvalue weighted by molar-refractivity contribution is -0.193. The number of carbonyl (C=O) groups excluding carboxylic acids is 7. The Kier molecular flexibility index (Phi) is 32.5. The van der Waals surface area contributed by atoms with E-state index in [1.165, 1.54) is 0 Å². The van der Waals surface area contributed by atoms with E-state index >= 15 is 0 Å². The maximum Gasteiger partial charge on any atom is 0.407 e. The van der Waals surface area contributed by atoms with Crippen molar-refractivity contribution in [1.82, 2.24) is 5.32 Å². The number of phenolic OH excluding ortho intramolecular Hbond substituents is 2. The number of benzene rings is 3. The van der Waals surface area contributed by atoms with Gasteiger partial charge in [0.2, 0.25) is 11.8 Å². The highest BCUT2D eigenvalue weighted by Crippen LogP contribution is 2.34. The first-order chi connectivity index (χ1) is 31.0. The van der Waals surface area contributed by atoms with Crippen molar-refractivity contribution in [3.8, 4) is 11.5 Å². The fourth-order valence-electron chi connectivity index (χ4n) is 6.41. The van der Waals surface area contributed by atoms with Gasteiger partial charge in [0.05, 0.1) is 11.4 Å². The molecule has 3 rings (SSSR count). The predicted octanol–water partition coefficient (Wildman–Crippen LogP) is 9.05. The quantitative estimate of drug-likeness (QED) is 0.0439. The summed E-state index contributed by atoms with van der Waals surface area (Å²) in [6.45, 7) is 23.7. The van der Waals surface area contributed by atoms with E-state index in [1.54, 1.807) is 12.1 Å². The Labute approximate surface area is 392 Å². The highest BCUT2D eigenvalue weighted by atomic mass is 16.5. The Morgan fingerprint density at radius 2 is 1.03 bits per heavy atom. The zero-order valence-corrected chi connectivity index (χ0v) is 41.1. The van der Waals surface area contributed by atoms with Gasteiger partial charge in [-0.05, 0) is 121 Å². The number of aliphatic hydroxyl groups excluding tert-OH is 1. The van der Waals surface area contributed by atoms with E-state index in [-0.39, 0.29) is 54.1 Å². The normalized spacial score (nSPS) is 12.3. The number of hydrogen-bond acceptors (Lipinski definition) is 12. The van der Waals surface area contributed by atoms with Gasteiger partial charge in [-0.1, -0.05) is 112 Å². The van der Waals surface area contributed by atoms with Crippen LogP contribution in [0.15, 0.2) is 66.7 Å². The van der Waals surface area contributed by atoms with Crippen molar-refractivity contribution >= 4 is 41.6 Å². The van der Waals surface area contributed by atoms with Crippen LogP contribution < -0.4 is 21.7 Å². The number of nitrogens with two attached hydrogens (primary N) is 1. The Balaban J connectivity index is 0. The lowest BCUT2D eigenvalue weighted by atomic mass is 9.76. The summed E-state index contributed by atoms with van der Waals surface area (Å²) in [4.78, 5) is 68.5. The lowest BCUT2D eigenvalue weighted by Crippen LogP contribution is -2.26. The van der Waals surface area contributed by atoms with Gasteiger partial charge in [-0.3, -0.25) is 9.59 Å². The van der Waals surface area contributed by atoms with Crippen molar-refractivity contribution < 1.29 is 53.6 Å². The summed E-state index contributed by atoms with van der Waals surface area (Å²) < 4.78 is 5.15. The van der Waals surface area contributed by atoms with Gasteiger partial charge in [-0.15, -0.1) is 0 Å². The average Bonchev–Trinajstić information content (AvgIpc) is 3.24. The number of carbonyl (C=O) groups is 3. The molecule has 0 aromatic heterocycles. The number of aliphatic hydroxyl groups is 1. The van der Waals surface area contributed by atoms with Gasteiger partial charge in [0.25, 0.3) is 0 Å². The molecule has 0 spiro atoms. The van der Waals surface area contributed by atoms with E-state index < -0.39 is 6.09 Å². The first kappa shape index (κ1) is 62.2. The third kappa shape index (κ3) is 29.6. The van der Waals surface area contributed by atoms with Crippen LogP contribution in [-0.2, 0) is 53.0 Å². The van der Waals surface area contributed by atoms with Crippen molar-refractivity contribution in [2.24, 2.45) is 40.2 Å². The molecule has 3 amide bonds. The summed E-state index contributed by atoms with van der Waals surface area (Å²) in [6, 6.07) is 20.3. The second-order valence-electron chi connectivity index (χ2n) is 18.6. The molecule has 3 aromatic carbocycles. The Morgan fingerprint density at radius 1 is 0.636 bits per heavy atom. The fourth-order valence-corrected chi connectivity index (χ4v) is 6.41. The Hall–Kier alpha value is -5.85. The number of nitrogens with one attached hydrogen (secondary N) is 3. The molecule has 15 nitrogen and oxygen atoms in total. The maximum atomic E-state index is 12.3. The van der Waals surface area contributed by atoms with Crippen LogP contribution in [0.4, 0.5) is 16.2 Å². The van der Waals surface area contributed by atoms with Crippen LogP contribution >= 0.6 is 0 Å². The van der Waals surface area contributed by atoms with Gasteiger partial charge in [-0.2, -0.15) is 19.2 Å². The van der Waals surface area contributed by atoms with Gasteiger partial charge in [0.1, 0.15) is 18.1 Å². The van der Waals surface area contributed by atoms with Crippen LogP contribution in [0.5, 0.6) is 11.5 Å². The molecule has 0 heterocycles. The molecule has 0 saturated carbocycles. The maximum absolute atomic E-state index is 12.3. The number of hydrogen-bond donors (Lipinski definition) is 7.